The first kappa shape index (κ1) is 20.3. The van der Waals surface area contributed by atoms with Gasteiger partial charge >= 0.3 is 0 Å². The summed E-state index contributed by atoms with van der Waals surface area (Å²) < 4.78 is 0. The van der Waals surface area contributed by atoms with Crippen LogP contribution in [0.15, 0.2) is 73.1 Å². The van der Waals surface area contributed by atoms with Gasteiger partial charge in [0.1, 0.15) is 0 Å². The molecular formula is C24H25N3O2. The molecule has 5 nitrogen and oxygen atoms in total. The van der Waals surface area contributed by atoms with Crippen molar-refractivity contribution in [3.8, 4) is 11.1 Å². The van der Waals surface area contributed by atoms with Crippen LogP contribution in [-0.4, -0.2) is 22.8 Å². The Bertz CT molecular complexity index is 952. The van der Waals surface area contributed by atoms with E-state index < -0.39 is 0 Å². The number of pyridine rings is 1. The molecule has 3 rings (SSSR count). The fourth-order valence-corrected chi connectivity index (χ4v) is 3.18. The van der Waals surface area contributed by atoms with E-state index in [0.29, 0.717) is 12.1 Å². The molecule has 1 heterocycles. The number of nitrogens with zero attached hydrogens (tertiary/aromatic N) is 1. The van der Waals surface area contributed by atoms with Gasteiger partial charge in [-0.3, -0.25) is 14.6 Å². The zero-order valence-corrected chi connectivity index (χ0v) is 16.7. The molecule has 0 saturated heterocycles. The van der Waals surface area contributed by atoms with Gasteiger partial charge in [0.15, 0.2) is 0 Å². The van der Waals surface area contributed by atoms with Crippen LogP contribution in [0.5, 0.6) is 0 Å². The molecule has 0 spiro atoms. The zero-order chi connectivity index (χ0) is 20.6. The van der Waals surface area contributed by atoms with Crippen molar-refractivity contribution in [1.29, 1.82) is 0 Å². The lowest BCUT2D eigenvalue weighted by Gasteiger charge is -2.13. The highest BCUT2D eigenvalue weighted by atomic mass is 16.2. The number of hydrogen-bond acceptors (Lipinski definition) is 3. The molecule has 0 aliphatic carbocycles. The van der Waals surface area contributed by atoms with Gasteiger partial charge in [-0.25, -0.2) is 0 Å². The second kappa shape index (κ2) is 9.64. The van der Waals surface area contributed by atoms with Gasteiger partial charge in [0.2, 0.25) is 5.91 Å². The van der Waals surface area contributed by atoms with Crippen molar-refractivity contribution < 1.29 is 9.59 Å². The second-order valence-corrected chi connectivity index (χ2v) is 7.12. The molecule has 2 aromatic carbocycles. The summed E-state index contributed by atoms with van der Waals surface area (Å²) in [7, 11) is 0. The van der Waals surface area contributed by atoms with E-state index in [1.54, 1.807) is 12.4 Å². The highest BCUT2D eigenvalue weighted by Gasteiger charge is 2.07. The van der Waals surface area contributed by atoms with Gasteiger partial charge < -0.3 is 10.6 Å². The molecular weight excluding hydrogens is 362 g/mol. The predicted octanol–water partition coefficient (Wildman–Crippen LogP) is 3.75. The van der Waals surface area contributed by atoms with Crippen LogP contribution < -0.4 is 10.6 Å². The monoisotopic (exact) mass is 387 g/mol. The van der Waals surface area contributed by atoms with Crippen molar-refractivity contribution in [2.75, 3.05) is 0 Å². The molecule has 2 N–H and O–H groups in total. The standard InChI is InChI=1S/C24H25N3O2/c1-17(27-18(2)28)15-19-3-5-21(6-4-19)22-7-9-23(10-8-22)24(29)26-16-20-11-13-25-14-12-20/h3-14,17H,15-16H2,1-2H3,(H,26,29)(H,27,28). The Morgan fingerprint density at radius 3 is 2.03 bits per heavy atom. The average Bonchev–Trinajstić information content (AvgIpc) is 2.73. The summed E-state index contributed by atoms with van der Waals surface area (Å²) in [6.07, 6.45) is 4.21. The first-order chi connectivity index (χ1) is 14.0. The number of rotatable bonds is 7. The predicted molar refractivity (Wildman–Crippen MR) is 114 cm³/mol. The molecule has 5 heteroatoms. The third kappa shape index (κ3) is 6.01. The third-order valence-electron chi connectivity index (χ3n) is 4.63. The third-order valence-corrected chi connectivity index (χ3v) is 4.63. The number of nitrogens with one attached hydrogen (secondary N) is 2. The van der Waals surface area contributed by atoms with E-state index in [9.17, 15) is 9.59 Å². The second-order valence-electron chi connectivity index (χ2n) is 7.12. The van der Waals surface area contributed by atoms with Crippen LogP contribution >= 0.6 is 0 Å². The summed E-state index contributed by atoms with van der Waals surface area (Å²) in [5.74, 6) is -0.116. The Hall–Kier alpha value is -3.47. The van der Waals surface area contributed by atoms with Crippen molar-refractivity contribution >= 4 is 11.8 Å². The smallest absolute Gasteiger partial charge is 0.251 e. The number of amides is 2. The largest absolute Gasteiger partial charge is 0.354 e. The van der Waals surface area contributed by atoms with Crippen molar-refractivity contribution in [3.05, 3.63) is 89.7 Å². The van der Waals surface area contributed by atoms with Crippen LogP contribution in [0.4, 0.5) is 0 Å². The molecule has 0 bridgehead atoms. The molecule has 0 aliphatic rings. The quantitative estimate of drug-likeness (QED) is 0.649. The molecule has 1 unspecified atom stereocenters. The van der Waals surface area contributed by atoms with Crippen LogP contribution in [0.1, 0.15) is 35.3 Å². The van der Waals surface area contributed by atoms with Crippen LogP contribution in [0.25, 0.3) is 11.1 Å². The Kier molecular flexibility index (Phi) is 6.74. The van der Waals surface area contributed by atoms with Gasteiger partial charge in [-0.15, -0.1) is 0 Å². The normalized spacial score (nSPS) is 11.5. The van der Waals surface area contributed by atoms with Gasteiger partial charge in [-0.2, -0.15) is 0 Å². The first-order valence-corrected chi connectivity index (χ1v) is 9.65. The van der Waals surface area contributed by atoms with Gasteiger partial charge in [0.25, 0.3) is 5.91 Å². The highest BCUT2D eigenvalue weighted by molar-refractivity contribution is 5.94. The minimum Gasteiger partial charge on any atom is -0.354 e. The molecule has 2 amide bonds. The summed E-state index contributed by atoms with van der Waals surface area (Å²) in [6, 6.07) is 19.7. The van der Waals surface area contributed by atoms with Crippen LogP contribution in [0.2, 0.25) is 0 Å². The lowest BCUT2D eigenvalue weighted by atomic mass is 10.00. The number of benzene rings is 2. The summed E-state index contributed by atoms with van der Waals surface area (Å²) in [5.41, 5.74) is 4.95. The van der Waals surface area contributed by atoms with E-state index >= 15 is 0 Å². The Labute approximate surface area is 171 Å². The molecule has 0 fully saturated rings. The molecule has 1 atom stereocenters. The van der Waals surface area contributed by atoms with E-state index in [1.165, 1.54) is 12.5 Å². The van der Waals surface area contributed by atoms with Crippen molar-refractivity contribution in [3.63, 3.8) is 0 Å². The maximum absolute atomic E-state index is 12.3. The molecule has 3 aromatic rings. The van der Waals surface area contributed by atoms with E-state index in [0.717, 1.165) is 23.1 Å². The van der Waals surface area contributed by atoms with E-state index in [1.807, 2.05) is 43.3 Å². The summed E-state index contributed by atoms with van der Waals surface area (Å²) in [6.45, 7) is 4.00. The first-order valence-electron chi connectivity index (χ1n) is 9.65. The minimum absolute atomic E-state index is 0.0148. The van der Waals surface area contributed by atoms with Gasteiger partial charge in [-0.05, 0) is 59.9 Å². The van der Waals surface area contributed by atoms with Crippen LogP contribution in [0, 0.1) is 0 Å². The van der Waals surface area contributed by atoms with E-state index in [4.69, 9.17) is 0 Å². The van der Waals surface area contributed by atoms with Crippen molar-refractivity contribution in [2.45, 2.75) is 32.9 Å². The summed E-state index contributed by atoms with van der Waals surface area (Å²) in [4.78, 5) is 27.4. The average molecular weight is 387 g/mol. The summed E-state index contributed by atoms with van der Waals surface area (Å²) >= 11 is 0. The van der Waals surface area contributed by atoms with Gasteiger partial charge in [0.05, 0.1) is 0 Å². The zero-order valence-electron chi connectivity index (χ0n) is 16.7. The number of aromatic nitrogens is 1. The lowest BCUT2D eigenvalue weighted by Crippen LogP contribution is -2.31. The highest BCUT2D eigenvalue weighted by Crippen LogP contribution is 2.21. The number of carbonyl (C=O) groups is 2. The van der Waals surface area contributed by atoms with Crippen LogP contribution in [0.3, 0.4) is 0 Å². The number of hydrogen-bond donors (Lipinski definition) is 2. The molecule has 148 valence electrons. The van der Waals surface area contributed by atoms with Crippen molar-refractivity contribution in [1.82, 2.24) is 15.6 Å². The van der Waals surface area contributed by atoms with E-state index in [-0.39, 0.29) is 17.9 Å². The topological polar surface area (TPSA) is 71.1 Å². The molecule has 0 aliphatic heterocycles. The summed E-state index contributed by atoms with van der Waals surface area (Å²) in [5, 5.41) is 5.81. The Morgan fingerprint density at radius 1 is 0.862 bits per heavy atom. The number of carbonyl (C=O) groups excluding carboxylic acids is 2. The lowest BCUT2D eigenvalue weighted by molar-refractivity contribution is -0.119. The molecule has 1 aromatic heterocycles. The minimum atomic E-state index is -0.101. The van der Waals surface area contributed by atoms with E-state index in [2.05, 4.69) is 39.9 Å². The fourth-order valence-electron chi connectivity index (χ4n) is 3.18. The Morgan fingerprint density at radius 2 is 1.45 bits per heavy atom. The van der Waals surface area contributed by atoms with Crippen LogP contribution in [-0.2, 0) is 17.8 Å². The van der Waals surface area contributed by atoms with Crippen molar-refractivity contribution in [2.24, 2.45) is 0 Å². The SMILES string of the molecule is CC(=O)NC(C)Cc1ccc(-c2ccc(C(=O)NCc3ccncc3)cc2)cc1. The molecule has 0 radical (unpaired) electrons. The van der Waals surface area contributed by atoms with Gasteiger partial charge in [0, 0.05) is 37.5 Å². The molecule has 29 heavy (non-hydrogen) atoms. The van der Waals surface area contributed by atoms with Gasteiger partial charge in [-0.1, -0.05) is 36.4 Å². The maximum atomic E-state index is 12.3. The maximum Gasteiger partial charge on any atom is 0.251 e. The Balaban J connectivity index is 1.59. The fraction of sp³-hybridized carbons (Fsp3) is 0.208. The molecule has 0 saturated carbocycles.